The zero-order chi connectivity index (χ0) is 20.4. The summed E-state index contributed by atoms with van der Waals surface area (Å²) < 4.78 is 2.21. The number of hydrogen-bond donors (Lipinski definition) is 1. The number of rotatable bonds is 6. The number of carboxylic acids is 1. The first-order valence-electron chi connectivity index (χ1n) is 10.5. The van der Waals surface area contributed by atoms with Crippen molar-refractivity contribution in [2.75, 3.05) is 13.1 Å². The van der Waals surface area contributed by atoms with Crippen molar-refractivity contribution >= 4 is 17.0 Å². The predicted molar refractivity (Wildman–Crippen MR) is 115 cm³/mol. The number of aromatic nitrogens is 2. The monoisotopic (exact) mass is 391 g/mol. The Balaban J connectivity index is 1.49. The Bertz CT molecular complexity index is 1010. The van der Waals surface area contributed by atoms with Crippen LogP contribution in [0, 0.1) is 12.8 Å². The maximum absolute atomic E-state index is 11.3. The predicted octanol–water partition coefficient (Wildman–Crippen LogP) is 4.52. The van der Waals surface area contributed by atoms with Gasteiger partial charge in [0, 0.05) is 13.1 Å². The number of carbonyl (C=O) groups is 1. The highest BCUT2D eigenvalue weighted by atomic mass is 16.4. The lowest BCUT2D eigenvalue weighted by molar-refractivity contribution is 0.0697. The number of benzene rings is 2. The second-order valence-electron chi connectivity index (χ2n) is 8.21. The fourth-order valence-corrected chi connectivity index (χ4v) is 4.51. The lowest BCUT2D eigenvalue weighted by atomic mass is 9.91. The fourth-order valence-electron chi connectivity index (χ4n) is 4.51. The summed E-state index contributed by atoms with van der Waals surface area (Å²) >= 11 is 0. The molecule has 1 aliphatic rings. The van der Waals surface area contributed by atoms with Crippen LogP contribution in [0.15, 0.2) is 42.5 Å². The van der Waals surface area contributed by atoms with Crippen LogP contribution in [-0.4, -0.2) is 38.6 Å². The molecule has 0 spiro atoms. The lowest BCUT2D eigenvalue weighted by Crippen LogP contribution is -2.36. The Morgan fingerprint density at radius 1 is 1.21 bits per heavy atom. The maximum atomic E-state index is 11.3. The van der Waals surface area contributed by atoms with Crippen LogP contribution in [0.25, 0.3) is 11.0 Å². The topological polar surface area (TPSA) is 58.4 Å². The van der Waals surface area contributed by atoms with Crippen molar-refractivity contribution in [2.24, 2.45) is 5.92 Å². The second-order valence-corrected chi connectivity index (χ2v) is 8.21. The fraction of sp³-hybridized carbons (Fsp3) is 0.417. The molecule has 29 heavy (non-hydrogen) atoms. The Kier molecular flexibility index (Phi) is 5.67. The summed E-state index contributed by atoms with van der Waals surface area (Å²) in [7, 11) is 0. The molecule has 1 fully saturated rings. The molecule has 1 saturated heterocycles. The van der Waals surface area contributed by atoms with Crippen molar-refractivity contribution in [3.8, 4) is 0 Å². The van der Waals surface area contributed by atoms with Gasteiger partial charge in [0.2, 0.25) is 0 Å². The quantitative estimate of drug-likeness (QED) is 0.671. The average molecular weight is 392 g/mol. The van der Waals surface area contributed by atoms with Gasteiger partial charge in [0.25, 0.3) is 0 Å². The van der Waals surface area contributed by atoms with Crippen LogP contribution in [0.3, 0.4) is 0 Å². The van der Waals surface area contributed by atoms with E-state index in [4.69, 9.17) is 4.98 Å². The minimum absolute atomic E-state index is 0.293. The van der Waals surface area contributed by atoms with E-state index in [2.05, 4.69) is 47.6 Å². The summed E-state index contributed by atoms with van der Waals surface area (Å²) in [6.45, 7) is 8.07. The van der Waals surface area contributed by atoms with Gasteiger partial charge >= 0.3 is 5.97 Å². The molecule has 4 rings (SSSR count). The van der Waals surface area contributed by atoms with E-state index in [-0.39, 0.29) is 0 Å². The largest absolute Gasteiger partial charge is 0.478 e. The van der Waals surface area contributed by atoms with Gasteiger partial charge in [-0.2, -0.15) is 0 Å². The normalized spacial score (nSPS) is 17.7. The number of carboxylic acid groups (broad SMARTS) is 1. The van der Waals surface area contributed by atoms with Crippen LogP contribution in [0.1, 0.15) is 47.1 Å². The molecule has 1 unspecified atom stereocenters. The number of nitrogens with zero attached hydrogens (tertiary/aromatic N) is 3. The molecule has 1 N–H and O–H groups in total. The second kappa shape index (κ2) is 8.37. The molecule has 5 heteroatoms. The first kappa shape index (κ1) is 19.6. The molecule has 2 aromatic carbocycles. The summed E-state index contributed by atoms with van der Waals surface area (Å²) in [4.78, 5) is 18.6. The zero-order valence-electron chi connectivity index (χ0n) is 17.3. The van der Waals surface area contributed by atoms with Crippen LogP contribution in [0.5, 0.6) is 0 Å². The van der Waals surface area contributed by atoms with Crippen LogP contribution in [0.4, 0.5) is 0 Å². The number of hydrogen-bond acceptors (Lipinski definition) is 3. The smallest absolute Gasteiger partial charge is 0.335 e. The van der Waals surface area contributed by atoms with Crippen LogP contribution >= 0.6 is 0 Å². The highest BCUT2D eigenvalue weighted by molar-refractivity contribution is 5.92. The molecule has 0 radical (unpaired) electrons. The Labute approximate surface area is 172 Å². The van der Waals surface area contributed by atoms with E-state index in [1.165, 1.54) is 24.0 Å². The van der Waals surface area contributed by atoms with Crippen molar-refractivity contribution in [2.45, 2.75) is 46.2 Å². The van der Waals surface area contributed by atoms with E-state index in [9.17, 15) is 9.90 Å². The molecule has 152 valence electrons. The highest BCUT2D eigenvalue weighted by Gasteiger charge is 2.22. The minimum Gasteiger partial charge on any atom is -0.478 e. The van der Waals surface area contributed by atoms with Gasteiger partial charge in [0.15, 0.2) is 0 Å². The van der Waals surface area contributed by atoms with Gasteiger partial charge in [-0.3, -0.25) is 4.90 Å². The molecule has 0 amide bonds. The van der Waals surface area contributed by atoms with E-state index in [0.29, 0.717) is 11.5 Å². The van der Waals surface area contributed by atoms with Crippen molar-refractivity contribution in [1.82, 2.24) is 14.5 Å². The van der Waals surface area contributed by atoms with Gasteiger partial charge in [0.05, 0.1) is 23.1 Å². The van der Waals surface area contributed by atoms with Crippen molar-refractivity contribution in [3.05, 3.63) is 65.0 Å². The third kappa shape index (κ3) is 4.35. The summed E-state index contributed by atoms with van der Waals surface area (Å²) in [5.74, 6) is 0.792. The highest BCUT2D eigenvalue weighted by Crippen LogP contribution is 2.24. The van der Waals surface area contributed by atoms with E-state index in [0.717, 1.165) is 49.5 Å². The standard InChI is InChI=1S/C24H29N3O2/c1-3-27-22-11-10-20(24(28)29)14-21(22)25-23(27)16-26-12-4-5-19(15-26)13-18-8-6-17(2)7-9-18/h6-11,14,19H,3-5,12-13,15-16H2,1-2H3,(H,28,29). The van der Waals surface area contributed by atoms with E-state index >= 15 is 0 Å². The summed E-state index contributed by atoms with van der Waals surface area (Å²) in [5.41, 5.74) is 4.81. The minimum atomic E-state index is -0.908. The van der Waals surface area contributed by atoms with Gasteiger partial charge in [-0.15, -0.1) is 0 Å². The van der Waals surface area contributed by atoms with Gasteiger partial charge in [-0.1, -0.05) is 29.8 Å². The van der Waals surface area contributed by atoms with Crippen LogP contribution in [-0.2, 0) is 19.5 Å². The molecule has 0 aliphatic carbocycles. The molecule has 2 heterocycles. The maximum Gasteiger partial charge on any atom is 0.335 e. The van der Waals surface area contributed by atoms with Crippen molar-refractivity contribution in [1.29, 1.82) is 0 Å². The Hall–Kier alpha value is -2.66. The SMILES string of the molecule is CCn1c(CN2CCCC(Cc3ccc(C)cc3)C2)nc2cc(C(=O)O)ccc21. The molecule has 3 aromatic rings. The number of aryl methyl sites for hydroxylation is 2. The number of fused-ring (bicyclic) bond motifs is 1. The summed E-state index contributed by atoms with van der Waals surface area (Å²) in [5, 5.41) is 9.26. The molecular weight excluding hydrogens is 362 g/mol. The van der Waals surface area contributed by atoms with Gasteiger partial charge < -0.3 is 9.67 Å². The van der Waals surface area contributed by atoms with Crippen LogP contribution in [0.2, 0.25) is 0 Å². The molecule has 0 bridgehead atoms. The Morgan fingerprint density at radius 2 is 2.00 bits per heavy atom. The summed E-state index contributed by atoms with van der Waals surface area (Å²) in [6, 6.07) is 14.1. The van der Waals surface area contributed by atoms with E-state index in [1.54, 1.807) is 12.1 Å². The molecule has 1 atom stereocenters. The van der Waals surface area contributed by atoms with E-state index in [1.807, 2.05) is 6.07 Å². The zero-order valence-corrected chi connectivity index (χ0v) is 17.3. The Morgan fingerprint density at radius 3 is 2.72 bits per heavy atom. The molecule has 0 saturated carbocycles. The first-order chi connectivity index (χ1) is 14.0. The molecule has 1 aliphatic heterocycles. The lowest BCUT2D eigenvalue weighted by Gasteiger charge is -2.32. The van der Waals surface area contributed by atoms with Gasteiger partial charge in [-0.05, 0) is 69.3 Å². The van der Waals surface area contributed by atoms with Crippen molar-refractivity contribution in [3.63, 3.8) is 0 Å². The number of aromatic carboxylic acids is 1. The average Bonchev–Trinajstić information content (AvgIpc) is 3.06. The molecule has 1 aromatic heterocycles. The molecular formula is C24H29N3O2. The van der Waals surface area contributed by atoms with Crippen molar-refractivity contribution < 1.29 is 9.90 Å². The number of likely N-dealkylation sites (tertiary alicyclic amines) is 1. The number of imidazole rings is 1. The van der Waals surface area contributed by atoms with Crippen LogP contribution < -0.4 is 0 Å². The number of piperidine rings is 1. The summed E-state index contributed by atoms with van der Waals surface area (Å²) in [6.07, 6.45) is 3.62. The van der Waals surface area contributed by atoms with Gasteiger partial charge in [-0.25, -0.2) is 9.78 Å². The van der Waals surface area contributed by atoms with E-state index < -0.39 is 5.97 Å². The first-order valence-corrected chi connectivity index (χ1v) is 10.5. The third-order valence-electron chi connectivity index (χ3n) is 6.00. The van der Waals surface area contributed by atoms with Gasteiger partial charge in [0.1, 0.15) is 5.82 Å². The third-order valence-corrected chi connectivity index (χ3v) is 6.00. The molecule has 5 nitrogen and oxygen atoms in total.